The van der Waals surface area contributed by atoms with Crippen LogP contribution in [0.1, 0.15) is 24.0 Å². The van der Waals surface area contributed by atoms with E-state index in [1.165, 1.54) is 62.8 Å². The van der Waals surface area contributed by atoms with E-state index >= 15 is 0 Å². The summed E-state index contributed by atoms with van der Waals surface area (Å²) in [5.41, 5.74) is 11.0. The molecule has 0 saturated carbocycles. The van der Waals surface area contributed by atoms with Crippen LogP contribution < -0.4 is 32.0 Å². The van der Waals surface area contributed by atoms with E-state index in [9.17, 15) is 36.6 Å². The van der Waals surface area contributed by atoms with Crippen LogP contribution in [0.25, 0.3) is 0 Å². The van der Waals surface area contributed by atoms with Gasteiger partial charge in [0.15, 0.2) is 11.4 Å². The number of methoxy groups -OCH3 is 2. The number of aliphatic hydroxyl groups is 2. The highest BCUT2D eigenvalue weighted by molar-refractivity contribution is 7.89. The highest BCUT2D eigenvalue weighted by Crippen LogP contribution is 2.33. The molecule has 1 aliphatic heterocycles. The Morgan fingerprint density at radius 2 is 0.931 bits per heavy atom. The number of aliphatic hydroxyl groups excluding tert-OH is 2. The van der Waals surface area contributed by atoms with Crippen molar-refractivity contribution in [1.82, 2.24) is 28.4 Å². The van der Waals surface area contributed by atoms with Crippen LogP contribution in [0.4, 0.5) is 34.1 Å². The Morgan fingerprint density at radius 1 is 0.569 bits per heavy atom. The smallest absolute Gasteiger partial charge is 0.281 e. The number of piperazine rings is 1. The van der Waals surface area contributed by atoms with Crippen molar-refractivity contribution in [3.63, 3.8) is 0 Å². The fourth-order valence-electron chi connectivity index (χ4n) is 7.39. The van der Waals surface area contributed by atoms with E-state index in [1.54, 1.807) is 0 Å². The molecule has 396 valence electrons. The van der Waals surface area contributed by atoms with Gasteiger partial charge in [0, 0.05) is 64.6 Å². The van der Waals surface area contributed by atoms with Gasteiger partial charge in [0.2, 0.25) is 31.8 Å². The summed E-state index contributed by atoms with van der Waals surface area (Å²) in [7, 11) is -4.93. The predicted octanol–water partition coefficient (Wildman–Crippen LogP) is 1.38. The third-order valence-corrected chi connectivity index (χ3v) is 14.2. The standard InChI is InChI=1S/C44H64N12O14S2/c1-67-29-35-37(45)41(59)55(21-25-69-27-23-57)43(61)39(35)51-49-31-5-9-33(10-6-31)71(63,64)47-13-3-15-53-17-19-54(20-18-53)16-4-14-48-72(65,66)34-11-7-32(8-12-34)50-52-40-36(30-68-2)38(46)42(60)56(44(40)62)22-26-70-28-24-58/h5-12,47-48,57-60H,3-4,13-30,45-46H2,1-2H3. The SMILES string of the molecule is COCc1c(N)c(O)n(CCOCCO)c(=O)c1N=Nc1ccc(S(=O)(=O)NCCCN2CCN(CCCNS(=O)(=O)c3ccc(N=Nc4c(COC)c(N)c(O)n(CCOCCO)c4=O)cc3)CC2)cc1. The van der Waals surface area contributed by atoms with E-state index in [0.717, 1.165) is 35.3 Å². The second-order valence-corrected chi connectivity index (χ2v) is 19.7. The number of hydrogen-bond donors (Lipinski definition) is 8. The van der Waals surface area contributed by atoms with Crippen molar-refractivity contribution in [3.8, 4) is 11.8 Å². The zero-order valence-electron chi connectivity index (χ0n) is 40.2. The molecular formula is C44H64N12O14S2. The number of nitrogens with one attached hydrogen (secondary N) is 2. The number of ether oxygens (including phenoxy) is 4. The van der Waals surface area contributed by atoms with E-state index in [1.807, 2.05) is 0 Å². The molecule has 0 aliphatic carbocycles. The quantitative estimate of drug-likeness (QED) is 0.0270. The molecule has 0 amide bonds. The second kappa shape index (κ2) is 27.9. The summed E-state index contributed by atoms with van der Waals surface area (Å²) in [4.78, 5) is 31.0. The van der Waals surface area contributed by atoms with Crippen LogP contribution >= 0.6 is 0 Å². The number of aromatic hydroxyl groups is 2. The fourth-order valence-corrected chi connectivity index (χ4v) is 9.54. The number of pyridine rings is 2. The second-order valence-electron chi connectivity index (χ2n) is 16.2. The van der Waals surface area contributed by atoms with Gasteiger partial charge in [-0.1, -0.05) is 0 Å². The maximum atomic E-state index is 13.3. The number of azo groups is 2. The Kier molecular flexibility index (Phi) is 22.1. The molecule has 1 saturated heterocycles. The summed E-state index contributed by atoms with van der Waals surface area (Å²) < 4.78 is 80.3. The topological polar surface area (TPSA) is 362 Å². The lowest BCUT2D eigenvalue weighted by Gasteiger charge is -2.34. The molecule has 72 heavy (non-hydrogen) atoms. The fraction of sp³-hybridized carbons (Fsp3) is 0.500. The van der Waals surface area contributed by atoms with Gasteiger partial charge in [0.25, 0.3) is 11.1 Å². The molecule has 28 heteroatoms. The lowest BCUT2D eigenvalue weighted by molar-refractivity contribution is 0.0854. The Morgan fingerprint density at radius 3 is 1.26 bits per heavy atom. The monoisotopic (exact) mass is 1050 g/mol. The van der Waals surface area contributed by atoms with Gasteiger partial charge in [-0.2, -0.15) is 10.2 Å². The van der Waals surface area contributed by atoms with Gasteiger partial charge in [-0.3, -0.25) is 18.7 Å². The first-order valence-electron chi connectivity index (χ1n) is 22.9. The summed E-state index contributed by atoms with van der Waals surface area (Å²) in [6.07, 6.45) is 1.13. The number of hydrogen-bond acceptors (Lipinski definition) is 22. The lowest BCUT2D eigenvalue weighted by Crippen LogP contribution is -2.47. The van der Waals surface area contributed by atoms with E-state index in [2.05, 4.69) is 39.7 Å². The molecule has 1 aliphatic rings. The minimum atomic E-state index is -3.85. The molecule has 5 rings (SSSR count). The van der Waals surface area contributed by atoms with Gasteiger partial charge in [-0.05, 0) is 74.5 Å². The Labute approximate surface area is 416 Å². The molecule has 2 aromatic carbocycles. The van der Waals surface area contributed by atoms with Crippen LogP contribution in [0.3, 0.4) is 0 Å². The van der Waals surface area contributed by atoms with Gasteiger partial charge in [0.05, 0.1) is 87.1 Å². The summed E-state index contributed by atoms with van der Waals surface area (Å²) in [5.74, 6) is -0.973. The number of rotatable bonds is 30. The molecule has 4 aromatic rings. The molecule has 26 nitrogen and oxygen atoms in total. The molecule has 1 fully saturated rings. The number of anilines is 2. The average molecular weight is 1050 g/mol. The first-order valence-corrected chi connectivity index (χ1v) is 25.8. The van der Waals surface area contributed by atoms with Crippen molar-refractivity contribution >= 4 is 54.2 Å². The summed E-state index contributed by atoms with van der Waals surface area (Å²) in [6, 6.07) is 11.2. The van der Waals surface area contributed by atoms with Crippen molar-refractivity contribution in [2.45, 2.75) is 48.9 Å². The number of benzene rings is 2. The van der Waals surface area contributed by atoms with Crippen LogP contribution in [0.5, 0.6) is 11.8 Å². The Balaban J connectivity index is 1.03. The average Bonchev–Trinajstić information content (AvgIpc) is 3.37. The van der Waals surface area contributed by atoms with Crippen LogP contribution in [-0.2, 0) is 65.3 Å². The molecule has 0 atom stereocenters. The third-order valence-electron chi connectivity index (χ3n) is 11.3. The van der Waals surface area contributed by atoms with Crippen molar-refractivity contribution in [3.05, 3.63) is 80.4 Å². The van der Waals surface area contributed by atoms with E-state index < -0.39 is 42.9 Å². The summed E-state index contributed by atoms with van der Waals surface area (Å²) >= 11 is 0. The van der Waals surface area contributed by atoms with Gasteiger partial charge in [0.1, 0.15) is 11.4 Å². The molecule has 0 unspecified atom stereocenters. The van der Waals surface area contributed by atoms with E-state index in [4.69, 9.17) is 40.6 Å². The largest absolute Gasteiger partial charge is 0.493 e. The molecule has 0 bridgehead atoms. The number of nitrogens with zero attached hydrogens (tertiary/aromatic N) is 8. The first-order chi connectivity index (χ1) is 34.6. The molecule has 2 aromatic heterocycles. The zero-order valence-corrected chi connectivity index (χ0v) is 41.8. The van der Waals surface area contributed by atoms with Crippen LogP contribution in [0, 0.1) is 0 Å². The molecule has 0 spiro atoms. The normalized spacial score (nSPS) is 14.1. The van der Waals surface area contributed by atoms with E-state index in [0.29, 0.717) is 25.9 Å². The molecule has 10 N–H and O–H groups in total. The lowest BCUT2D eigenvalue weighted by atomic mass is 10.2. The third kappa shape index (κ3) is 15.6. The highest BCUT2D eigenvalue weighted by atomic mass is 32.2. The Hall–Kier alpha value is -5.76. The van der Waals surface area contributed by atoms with Crippen LogP contribution in [-0.4, -0.2) is 162 Å². The first kappa shape index (κ1) is 57.1. The predicted molar refractivity (Wildman–Crippen MR) is 265 cm³/mol. The van der Waals surface area contributed by atoms with E-state index in [-0.39, 0.29) is 134 Å². The van der Waals surface area contributed by atoms with Crippen LogP contribution in [0.15, 0.2) is 88.4 Å². The van der Waals surface area contributed by atoms with Crippen LogP contribution in [0.2, 0.25) is 0 Å². The maximum Gasteiger partial charge on any atom is 0.281 e. The molecular weight excluding hydrogens is 985 g/mol. The van der Waals surface area contributed by atoms with Crippen molar-refractivity contribution in [1.29, 1.82) is 0 Å². The number of nitrogen functional groups attached to an aromatic ring is 2. The van der Waals surface area contributed by atoms with Gasteiger partial charge in [-0.15, -0.1) is 10.2 Å². The maximum absolute atomic E-state index is 13.3. The minimum Gasteiger partial charge on any atom is -0.493 e. The Bertz CT molecular complexity index is 2610. The van der Waals surface area contributed by atoms with Gasteiger partial charge >= 0.3 is 0 Å². The number of sulfonamides is 2. The number of aromatic nitrogens is 2. The molecule has 0 radical (unpaired) electrons. The van der Waals surface area contributed by atoms with Crippen molar-refractivity contribution in [2.75, 3.05) is 118 Å². The van der Waals surface area contributed by atoms with Gasteiger partial charge < -0.3 is 60.6 Å². The summed E-state index contributed by atoms with van der Waals surface area (Å²) in [6.45, 7) is 4.06. The summed E-state index contributed by atoms with van der Waals surface area (Å²) in [5, 5.41) is 55.4. The zero-order chi connectivity index (χ0) is 52.3. The molecule has 3 heterocycles. The number of nitrogens with two attached hydrogens (primary N) is 2. The van der Waals surface area contributed by atoms with Crippen molar-refractivity contribution < 1.29 is 56.2 Å². The van der Waals surface area contributed by atoms with Crippen molar-refractivity contribution in [2.24, 2.45) is 20.5 Å². The minimum absolute atomic E-state index is 0.00910. The van der Waals surface area contributed by atoms with Gasteiger partial charge in [-0.25, -0.2) is 26.3 Å². The highest BCUT2D eigenvalue weighted by Gasteiger charge is 2.23.